The molecule has 80 valence electrons. The van der Waals surface area contributed by atoms with Gasteiger partial charge in [-0.05, 0) is 38.8 Å². The van der Waals surface area contributed by atoms with Crippen molar-refractivity contribution in [2.75, 3.05) is 26.2 Å². The Morgan fingerprint density at radius 3 is 3.07 bits per heavy atom. The molecule has 0 saturated carbocycles. The maximum Gasteiger partial charge on any atom is 0.410 e. The molecule has 0 aromatic heterocycles. The summed E-state index contributed by atoms with van der Waals surface area (Å²) in [6.07, 6.45) is 2.30. The van der Waals surface area contributed by atoms with E-state index in [1.54, 1.807) is 0 Å². The first-order valence-corrected chi connectivity index (χ1v) is 5.43. The number of amides is 1. The quantitative estimate of drug-likeness (QED) is 0.714. The molecule has 14 heavy (non-hydrogen) atoms. The van der Waals surface area contributed by atoms with Crippen molar-refractivity contribution in [1.29, 1.82) is 0 Å². The Kier molecular flexibility index (Phi) is 2.91. The summed E-state index contributed by atoms with van der Waals surface area (Å²) < 4.78 is 4.94. The minimum absolute atomic E-state index is 0.136. The first-order chi connectivity index (χ1) is 6.79. The lowest BCUT2D eigenvalue weighted by Gasteiger charge is -2.32. The van der Waals surface area contributed by atoms with Crippen LogP contribution in [0.25, 0.3) is 0 Å². The van der Waals surface area contributed by atoms with Gasteiger partial charge in [0.25, 0.3) is 0 Å². The maximum atomic E-state index is 11.3. The van der Waals surface area contributed by atoms with E-state index in [4.69, 9.17) is 4.74 Å². The average Bonchev–Trinajstić information content (AvgIpc) is 2.65. The van der Waals surface area contributed by atoms with E-state index < -0.39 is 0 Å². The van der Waals surface area contributed by atoms with Crippen molar-refractivity contribution in [3.8, 4) is 0 Å². The molecular formula is C10H18N2O2. The highest BCUT2D eigenvalue weighted by Gasteiger charge is 2.32. The van der Waals surface area contributed by atoms with Crippen molar-refractivity contribution in [3.05, 3.63) is 0 Å². The fourth-order valence-corrected chi connectivity index (χ4v) is 2.32. The van der Waals surface area contributed by atoms with E-state index in [0.29, 0.717) is 18.6 Å². The summed E-state index contributed by atoms with van der Waals surface area (Å²) in [7, 11) is 0. The predicted octanol–water partition coefficient (Wildman–Crippen LogP) is 0.827. The Hall–Kier alpha value is -0.770. The summed E-state index contributed by atoms with van der Waals surface area (Å²) in [5.74, 6) is 0.592. The number of cyclic esters (lactones) is 1. The van der Waals surface area contributed by atoms with Gasteiger partial charge in [0.15, 0.2) is 0 Å². The van der Waals surface area contributed by atoms with Crippen LogP contribution in [0.3, 0.4) is 0 Å². The second-order valence-electron chi connectivity index (χ2n) is 4.15. The molecule has 2 saturated heterocycles. The fraction of sp³-hybridized carbons (Fsp3) is 0.900. The molecule has 0 bridgehead atoms. The summed E-state index contributed by atoms with van der Waals surface area (Å²) >= 11 is 0. The van der Waals surface area contributed by atoms with Gasteiger partial charge in [0.2, 0.25) is 0 Å². The Morgan fingerprint density at radius 2 is 2.50 bits per heavy atom. The number of ether oxygens (including phenoxy) is 1. The number of hydrogen-bond donors (Lipinski definition) is 1. The van der Waals surface area contributed by atoms with Crippen molar-refractivity contribution in [3.63, 3.8) is 0 Å². The van der Waals surface area contributed by atoms with Gasteiger partial charge in [-0.2, -0.15) is 0 Å². The summed E-state index contributed by atoms with van der Waals surface area (Å²) in [4.78, 5) is 13.2. The van der Waals surface area contributed by atoms with Crippen molar-refractivity contribution >= 4 is 6.09 Å². The molecule has 2 aliphatic rings. The molecule has 2 aliphatic heterocycles. The standard InChI is InChI=1S/C10H18N2O2/c1-8(9-3-2-4-11-7-9)12-5-6-14-10(12)13/h8-9,11H,2-7H2,1H3. The zero-order valence-corrected chi connectivity index (χ0v) is 8.66. The van der Waals surface area contributed by atoms with Gasteiger partial charge in [-0.25, -0.2) is 4.79 Å². The van der Waals surface area contributed by atoms with Crippen LogP contribution in [0, 0.1) is 5.92 Å². The van der Waals surface area contributed by atoms with Crippen molar-refractivity contribution in [2.45, 2.75) is 25.8 Å². The lowest BCUT2D eigenvalue weighted by Crippen LogP contribution is -2.45. The number of carbonyl (C=O) groups is 1. The molecule has 0 aliphatic carbocycles. The highest BCUT2D eigenvalue weighted by molar-refractivity contribution is 5.69. The second-order valence-corrected chi connectivity index (χ2v) is 4.15. The van der Waals surface area contributed by atoms with Crippen LogP contribution < -0.4 is 5.32 Å². The van der Waals surface area contributed by atoms with E-state index in [0.717, 1.165) is 19.6 Å². The monoisotopic (exact) mass is 198 g/mol. The van der Waals surface area contributed by atoms with Gasteiger partial charge >= 0.3 is 6.09 Å². The van der Waals surface area contributed by atoms with E-state index in [1.807, 2.05) is 4.90 Å². The average molecular weight is 198 g/mol. The zero-order valence-electron chi connectivity index (χ0n) is 8.66. The molecule has 0 radical (unpaired) electrons. The molecule has 1 N–H and O–H groups in total. The van der Waals surface area contributed by atoms with Gasteiger partial charge < -0.3 is 15.0 Å². The highest BCUT2D eigenvalue weighted by atomic mass is 16.6. The molecule has 0 spiro atoms. The van der Waals surface area contributed by atoms with Crippen LogP contribution in [-0.2, 0) is 4.74 Å². The molecule has 2 atom stereocenters. The fourth-order valence-electron chi connectivity index (χ4n) is 2.32. The van der Waals surface area contributed by atoms with Gasteiger partial charge in [-0.1, -0.05) is 0 Å². The third-order valence-corrected chi connectivity index (χ3v) is 3.30. The lowest BCUT2D eigenvalue weighted by atomic mass is 9.92. The minimum Gasteiger partial charge on any atom is -0.448 e. The molecule has 4 nitrogen and oxygen atoms in total. The number of nitrogens with zero attached hydrogens (tertiary/aromatic N) is 1. The van der Waals surface area contributed by atoms with E-state index in [9.17, 15) is 4.79 Å². The van der Waals surface area contributed by atoms with Crippen LogP contribution in [0.5, 0.6) is 0 Å². The van der Waals surface area contributed by atoms with E-state index in [-0.39, 0.29) is 6.09 Å². The van der Waals surface area contributed by atoms with E-state index in [1.165, 1.54) is 12.8 Å². The van der Waals surface area contributed by atoms with Crippen LogP contribution in [-0.4, -0.2) is 43.3 Å². The third kappa shape index (κ3) is 1.85. The maximum absolute atomic E-state index is 11.3. The van der Waals surface area contributed by atoms with Crippen molar-refractivity contribution < 1.29 is 9.53 Å². The summed E-state index contributed by atoms with van der Waals surface area (Å²) in [5.41, 5.74) is 0. The summed E-state index contributed by atoms with van der Waals surface area (Å²) in [6, 6.07) is 0.317. The molecule has 4 heteroatoms. The van der Waals surface area contributed by atoms with Crippen LogP contribution in [0.2, 0.25) is 0 Å². The summed E-state index contributed by atoms with van der Waals surface area (Å²) in [5, 5.41) is 3.38. The molecule has 1 amide bonds. The first-order valence-electron chi connectivity index (χ1n) is 5.43. The van der Waals surface area contributed by atoms with Gasteiger partial charge in [-0.3, -0.25) is 0 Å². The molecule has 2 heterocycles. The van der Waals surface area contributed by atoms with Crippen molar-refractivity contribution in [2.24, 2.45) is 5.92 Å². The Morgan fingerprint density at radius 1 is 1.64 bits per heavy atom. The predicted molar refractivity (Wildman–Crippen MR) is 53.1 cm³/mol. The highest BCUT2D eigenvalue weighted by Crippen LogP contribution is 2.21. The Balaban J connectivity index is 1.92. The van der Waals surface area contributed by atoms with Gasteiger partial charge in [0.05, 0.1) is 6.54 Å². The largest absolute Gasteiger partial charge is 0.448 e. The normalized spacial score (nSPS) is 30.2. The van der Waals surface area contributed by atoms with Crippen LogP contribution in [0.1, 0.15) is 19.8 Å². The van der Waals surface area contributed by atoms with Crippen LogP contribution >= 0.6 is 0 Å². The van der Waals surface area contributed by atoms with E-state index in [2.05, 4.69) is 12.2 Å². The smallest absolute Gasteiger partial charge is 0.410 e. The van der Waals surface area contributed by atoms with E-state index >= 15 is 0 Å². The molecule has 0 aromatic carbocycles. The second kappa shape index (κ2) is 4.17. The van der Waals surface area contributed by atoms with Gasteiger partial charge in [0, 0.05) is 6.04 Å². The van der Waals surface area contributed by atoms with Gasteiger partial charge in [-0.15, -0.1) is 0 Å². The topological polar surface area (TPSA) is 41.6 Å². The zero-order chi connectivity index (χ0) is 9.97. The first kappa shape index (κ1) is 9.77. The lowest BCUT2D eigenvalue weighted by molar-refractivity contribution is 0.132. The van der Waals surface area contributed by atoms with Crippen LogP contribution in [0.15, 0.2) is 0 Å². The summed E-state index contributed by atoms with van der Waals surface area (Å²) in [6.45, 7) is 5.60. The molecule has 2 unspecified atom stereocenters. The number of nitrogens with one attached hydrogen (secondary N) is 1. The Bertz CT molecular complexity index is 214. The number of piperidine rings is 1. The third-order valence-electron chi connectivity index (χ3n) is 3.30. The Labute approximate surface area is 84.6 Å². The number of carbonyl (C=O) groups excluding carboxylic acids is 1. The van der Waals surface area contributed by atoms with Crippen LogP contribution in [0.4, 0.5) is 4.79 Å². The number of hydrogen-bond acceptors (Lipinski definition) is 3. The molecule has 2 rings (SSSR count). The van der Waals surface area contributed by atoms with Crippen molar-refractivity contribution in [1.82, 2.24) is 10.2 Å². The molecular weight excluding hydrogens is 180 g/mol. The molecule has 2 fully saturated rings. The SMILES string of the molecule is CC(C1CCCNC1)N1CCOC1=O. The molecule has 0 aromatic rings. The minimum atomic E-state index is -0.136. The van der Waals surface area contributed by atoms with Gasteiger partial charge in [0.1, 0.15) is 6.61 Å². The number of rotatable bonds is 2.